The van der Waals surface area contributed by atoms with E-state index in [0.717, 1.165) is 15.4 Å². The topological polar surface area (TPSA) is 122 Å². The lowest BCUT2D eigenvalue weighted by atomic mass is 10.2. The van der Waals surface area contributed by atoms with Gasteiger partial charge >= 0.3 is 0 Å². The summed E-state index contributed by atoms with van der Waals surface area (Å²) in [6.07, 6.45) is 0. The molecule has 1 amide bonds. The summed E-state index contributed by atoms with van der Waals surface area (Å²) in [5.74, 6) is -0.311. The van der Waals surface area contributed by atoms with Crippen LogP contribution in [-0.4, -0.2) is 35.9 Å². The van der Waals surface area contributed by atoms with Crippen LogP contribution in [0.15, 0.2) is 107 Å². The Bertz CT molecular complexity index is 1740. The number of para-hydroxylation sites is 2. The Kier molecular flexibility index (Phi) is 8.99. The third-order valence-corrected chi connectivity index (χ3v) is 9.22. The van der Waals surface area contributed by atoms with E-state index in [4.69, 9.17) is 4.74 Å². The molecular weight excluding hydrogens is 562 g/mol. The zero-order chi connectivity index (χ0) is 29.6. The van der Waals surface area contributed by atoms with E-state index < -0.39 is 32.5 Å². The zero-order valence-electron chi connectivity index (χ0n) is 22.9. The number of ether oxygens (including phenoxy) is 1. The summed E-state index contributed by atoms with van der Waals surface area (Å²) in [6, 6.07) is 25.5. The molecule has 0 aliphatic heterocycles. The number of amides is 1. The molecule has 4 rings (SSSR count). The third-order valence-electron chi connectivity index (χ3n) is 6.05. The van der Waals surface area contributed by atoms with Gasteiger partial charge in [-0.25, -0.2) is 16.8 Å². The molecular formula is C30H31N3O6S2. The van der Waals surface area contributed by atoms with Crippen molar-refractivity contribution in [1.29, 1.82) is 0 Å². The summed E-state index contributed by atoms with van der Waals surface area (Å²) < 4.78 is 62.3. The van der Waals surface area contributed by atoms with Crippen molar-refractivity contribution in [1.82, 2.24) is 0 Å². The Morgan fingerprint density at radius 2 is 1.41 bits per heavy atom. The van der Waals surface area contributed by atoms with E-state index in [1.165, 1.54) is 36.4 Å². The van der Waals surface area contributed by atoms with Gasteiger partial charge in [0.25, 0.3) is 20.0 Å². The summed E-state index contributed by atoms with van der Waals surface area (Å²) in [4.78, 5) is 13.2. The van der Waals surface area contributed by atoms with Crippen molar-refractivity contribution in [3.8, 4) is 5.75 Å². The van der Waals surface area contributed by atoms with Crippen molar-refractivity contribution in [2.75, 3.05) is 27.5 Å². The molecule has 0 radical (unpaired) electrons. The van der Waals surface area contributed by atoms with E-state index >= 15 is 0 Å². The van der Waals surface area contributed by atoms with Gasteiger partial charge in [0.05, 0.1) is 22.1 Å². The molecule has 0 atom stereocenters. The number of aryl methyl sites for hydroxylation is 2. The van der Waals surface area contributed by atoms with Gasteiger partial charge in [-0.1, -0.05) is 42.0 Å². The van der Waals surface area contributed by atoms with Gasteiger partial charge in [-0.05, 0) is 87.0 Å². The molecule has 41 heavy (non-hydrogen) atoms. The molecule has 4 aromatic rings. The van der Waals surface area contributed by atoms with Gasteiger partial charge in [-0.2, -0.15) is 0 Å². The van der Waals surface area contributed by atoms with Gasteiger partial charge in [0.1, 0.15) is 12.3 Å². The van der Waals surface area contributed by atoms with Gasteiger partial charge < -0.3 is 10.1 Å². The second-order valence-electron chi connectivity index (χ2n) is 9.27. The predicted octanol–water partition coefficient (Wildman–Crippen LogP) is 5.34. The molecule has 214 valence electrons. The van der Waals surface area contributed by atoms with Crippen LogP contribution in [0.25, 0.3) is 0 Å². The maximum absolute atomic E-state index is 13.7. The number of anilines is 3. The quantitative estimate of drug-likeness (QED) is 0.242. The average molecular weight is 594 g/mol. The van der Waals surface area contributed by atoms with Crippen LogP contribution < -0.4 is 19.1 Å². The summed E-state index contributed by atoms with van der Waals surface area (Å²) in [7, 11) is -8.01. The van der Waals surface area contributed by atoms with Crippen molar-refractivity contribution in [3.63, 3.8) is 0 Å². The smallest absolute Gasteiger partial charge is 0.264 e. The van der Waals surface area contributed by atoms with Crippen LogP contribution in [0, 0.1) is 13.8 Å². The zero-order valence-corrected chi connectivity index (χ0v) is 24.5. The Hall–Kier alpha value is -4.35. The minimum absolute atomic E-state index is 0.00576. The molecule has 0 aliphatic carbocycles. The van der Waals surface area contributed by atoms with Gasteiger partial charge in [0.15, 0.2) is 0 Å². The molecule has 11 heteroatoms. The van der Waals surface area contributed by atoms with Crippen LogP contribution in [0.1, 0.15) is 18.1 Å². The number of nitrogens with zero attached hydrogens (tertiary/aromatic N) is 1. The molecule has 0 fully saturated rings. The van der Waals surface area contributed by atoms with Crippen LogP contribution in [0.5, 0.6) is 5.75 Å². The van der Waals surface area contributed by atoms with E-state index in [1.54, 1.807) is 61.5 Å². The highest BCUT2D eigenvalue weighted by atomic mass is 32.2. The van der Waals surface area contributed by atoms with Gasteiger partial charge in [-0.15, -0.1) is 0 Å². The Labute approximate surface area is 240 Å². The Morgan fingerprint density at radius 3 is 2.07 bits per heavy atom. The molecule has 0 saturated carbocycles. The van der Waals surface area contributed by atoms with Crippen molar-refractivity contribution in [3.05, 3.63) is 108 Å². The predicted molar refractivity (Wildman–Crippen MR) is 160 cm³/mol. The first-order chi connectivity index (χ1) is 19.5. The third kappa shape index (κ3) is 7.24. The van der Waals surface area contributed by atoms with E-state index in [1.807, 2.05) is 19.9 Å². The Balaban J connectivity index is 1.57. The minimum atomic E-state index is -4.15. The molecule has 0 aromatic heterocycles. The molecule has 0 aliphatic rings. The van der Waals surface area contributed by atoms with Crippen molar-refractivity contribution in [2.24, 2.45) is 0 Å². The van der Waals surface area contributed by atoms with Crippen LogP contribution in [-0.2, 0) is 24.8 Å². The highest BCUT2D eigenvalue weighted by molar-refractivity contribution is 7.93. The average Bonchev–Trinajstić information content (AvgIpc) is 2.93. The molecule has 0 bridgehead atoms. The number of hydrogen-bond donors (Lipinski definition) is 2. The van der Waals surface area contributed by atoms with E-state index in [9.17, 15) is 21.6 Å². The monoisotopic (exact) mass is 593 g/mol. The number of sulfonamides is 2. The van der Waals surface area contributed by atoms with E-state index in [-0.39, 0.29) is 15.5 Å². The first kappa shape index (κ1) is 29.6. The van der Waals surface area contributed by atoms with Crippen LogP contribution in [0.4, 0.5) is 17.1 Å². The first-order valence-corrected chi connectivity index (χ1v) is 15.7. The second kappa shape index (κ2) is 12.4. The van der Waals surface area contributed by atoms with Crippen molar-refractivity contribution < 1.29 is 26.4 Å². The summed E-state index contributed by atoms with van der Waals surface area (Å²) in [5, 5.41) is 2.66. The number of nitrogens with one attached hydrogen (secondary N) is 2. The van der Waals surface area contributed by atoms with Gasteiger partial charge in [-0.3, -0.25) is 13.8 Å². The summed E-state index contributed by atoms with van der Waals surface area (Å²) in [5.41, 5.74) is 2.75. The number of carbonyl (C=O) groups excluding carboxylic acids is 1. The fourth-order valence-corrected chi connectivity index (χ4v) is 6.53. The van der Waals surface area contributed by atoms with Crippen LogP contribution in [0.2, 0.25) is 0 Å². The van der Waals surface area contributed by atoms with Crippen molar-refractivity contribution >= 4 is 43.0 Å². The fourth-order valence-electron chi connectivity index (χ4n) is 4.05. The van der Waals surface area contributed by atoms with Gasteiger partial charge in [0.2, 0.25) is 5.91 Å². The maximum atomic E-state index is 13.7. The molecule has 0 unspecified atom stereocenters. The Morgan fingerprint density at radius 1 is 0.756 bits per heavy atom. The van der Waals surface area contributed by atoms with Gasteiger partial charge in [0, 0.05) is 11.4 Å². The number of hydrogen-bond acceptors (Lipinski definition) is 6. The van der Waals surface area contributed by atoms with E-state index in [2.05, 4.69) is 10.0 Å². The number of rotatable bonds is 11. The molecule has 4 aromatic carbocycles. The largest absolute Gasteiger partial charge is 0.492 e. The lowest BCUT2D eigenvalue weighted by Gasteiger charge is -2.26. The highest BCUT2D eigenvalue weighted by Gasteiger charge is 2.29. The normalized spacial score (nSPS) is 11.5. The number of carbonyl (C=O) groups is 1. The SMILES string of the molecule is CCOc1ccccc1N(CC(=O)Nc1ccc(S(=O)(=O)Nc2cccc(C)c2)cc1)S(=O)(=O)c1ccc(C)cc1. The lowest BCUT2D eigenvalue weighted by molar-refractivity contribution is -0.114. The maximum Gasteiger partial charge on any atom is 0.264 e. The van der Waals surface area contributed by atoms with Crippen LogP contribution >= 0.6 is 0 Å². The molecule has 0 saturated heterocycles. The number of benzene rings is 4. The molecule has 9 nitrogen and oxygen atoms in total. The van der Waals surface area contributed by atoms with E-state index in [0.29, 0.717) is 23.7 Å². The standard InChI is InChI=1S/C30H31N3O6S2/c1-4-39-29-11-6-5-10-28(29)33(41(37,38)27-16-12-22(2)13-17-27)21-30(34)31-24-14-18-26(19-15-24)40(35,36)32-25-9-7-8-23(3)20-25/h5-20,32H,4,21H2,1-3H3,(H,31,34). The lowest BCUT2D eigenvalue weighted by Crippen LogP contribution is -2.38. The molecule has 2 N–H and O–H groups in total. The minimum Gasteiger partial charge on any atom is -0.492 e. The second-order valence-corrected chi connectivity index (χ2v) is 12.8. The molecule has 0 heterocycles. The van der Waals surface area contributed by atoms with Crippen molar-refractivity contribution in [2.45, 2.75) is 30.6 Å². The molecule has 0 spiro atoms. The van der Waals surface area contributed by atoms with Crippen LogP contribution in [0.3, 0.4) is 0 Å². The summed E-state index contributed by atoms with van der Waals surface area (Å²) in [6.45, 7) is 5.24. The summed E-state index contributed by atoms with van der Waals surface area (Å²) >= 11 is 0. The first-order valence-electron chi connectivity index (χ1n) is 12.8. The fraction of sp³-hybridized carbons (Fsp3) is 0.167. The highest BCUT2D eigenvalue weighted by Crippen LogP contribution is 2.32.